The first kappa shape index (κ1) is 12.9. The van der Waals surface area contributed by atoms with E-state index in [4.69, 9.17) is 10.5 Å². The highest BCUT2D eigenvalue weighted by molar-refractivity contribution is 7.91. The molecule has 0 spiro atoms. The van der Waals surface area contributed by atoms with Crippen molar-refractivity contribution in [2.75, 3.05) is 44.4 Å². The van der Waals surface area contributed by atoms with Crippen LogP contribution in [0, 0.1) is 0 Å². The summed E-state index contributed by atoms with van der Waals surface area (Å²) in [6, 6.07) is 0.102. The van der Waals surface area contributed by atoms with E-state index < -0.39 is 9.84 Å². The predicted octanol–water partition coefficient (Wildman–Crippen LogP) is -0.919. The largest absolute Gasteiger partial charge is 0.379 e. The predicted molar refractivity (Wildman–Crippen MR) is 59.6 cm³/mol. The molecule has 2 N–H and O–H groups in total. The van der Waals surface area contributed by atoms with Crippen molar-refractivity contribution in [2.24, 2.45) is 5.73 Å². The molecular weight excluding hydrogens is 216 g/mol. The lowest BCUT2D eigenvalue weighted by atomic mass is 10.3. The summed E-state index contributed by atoms with van der Waals surface area (Å²) in [5, 5.41) is 0. The van der Waals surface area contributed by atoms with Gasteiger partial charge < -0.3 is 10.5 Å². The number of hydrogen-bond acceptors (Lipinski definition) is 5. The second-order valence-corrected chi connectivity index (χ2v) is 6.13. The molecule has 0 aromatic rings. The van der Waals surface area contributed by atoms with Crippen LogP contribution >= 0.6 is 0 Å². The van der Waals surface area contributed by atoms with Crippen LogP contribution in [0.15, 0.2) is 0 Å². The molecule has 15 heavy (non-hydrogen) atoms. The lowest BCUT2D eigenvalue weighted by Gasteiger charge is -2.32. The number of nitrogens with zero attached hydrogens (tertiary/aromatic N) is 1. The Morgan fingerprint density at radius 1 is 1.47 bits per heavy atom. The number of nitrogens with two attached hydrogens (primary N) is 1. The van der Waals surface area contributed by atoms with Gasteiger partial charge in [-0.3, -0.25) is 4.90 Å². The number of ether oxygens (including phenoxy) is 1. The van der Waals surface area contributed by atoms with Crippen molar-refractivity contribution in [1.82, 2.24) is 4.90 Å². The first-order chi connectivity index (χ1) is 7.05. The Bertz CT molecular complexity index is 279. The first-order valence-corrected chi connectivity index (χ1v) is 7.09. The molecule has 1 heterocycles. The van der Waals surface area contributed by atoms with Crippen LogP contribution in [0.5, 0.6) is 0 Å². The molecule has 1 rings (SSSR count). The molecule has 1 fully saturated rings. The van der Waals surface area contributed by atoms with Crippen molar-refractivity contribution in [1.29, 1.82) is 0 Å². The van der Waals surface area contributed by atoms with Gasteiger partial charge in [-0.15, -0.1) is 0 Å². The molecule has 0 aliphatic carbocycles. The van der Waals surface area contributed by atoms with Gasteiger partial charge in [-0.2, -0.15) is 0 Å². The molecule has 0 saturated carbocycles. The van der Waals surface area contributed by atoms with Crippen molar-refractivity contribution < 1.29 is 13.2 Å². The SMILES string of the molecule is CC1CS(=O)(=O)CCN1CCOCCN. The molecule has 1 atom stereocenters. The minimum Gasteiger partial charge on any atom is -0.379 e. The fourth-order valence-electron chi connectivity index (χ4n) is 1.73. The molecular formula is C9H20N2O3S. The zero-order chi connectivity index (χ0) is 11.3. The van der Waals surface area contributed by atoms with Gasteiger partial charge in [0.25, 0.3) is 0 Å². The van der Waals surface area contributed by atoms with E-state index >= 15 is 0 Å². The van der Waals surface area contributed by atoms with Crippen LogP contribution in [0.25, 0.3) is 0 Å². The molecule has 1 aliphatic rings. The van der Waals surface area contributed by atoms with Crippen LogP contribution in [0.3, 0.4) is 0 Å². The summed E-state index contributed by atoms with van der Waals surface area (Å²) in [5.74, 6) is 0.540. The maximum Gasteiger partial charge on any atom is 0.153 e. The number of rotatable bonds is 5. The summed E-state index contributed by atoms with van der Waals surface area (Å²) in [4.78, 5) is 2.15. The van der Waals surface area contributed by atoms with Gasteiger partial charge in [-0.1, -0.05) is 0 Å². The van der Waals surface area contributed by atoms with E-state index in [1.807, 2.05) is 6.92 Å². The Hall–Kier alpha value is -0.170. The quantitative estimate of drug-likeness (QED) is 0.625. The Kier molecular flexibility index (Phi) is 4.98. The average Bonchev–Trinajstić information content (AvgIpc) is 2.14. The highest BCUT2D eigenvalue weighted by Crippen LogP contribution is 2.10. The van der Waals surface area contributed by atoms with Gasteiger partial charge in [0.15, 0.2) is 9.84 Å². The summed E-state index contributed by atoms with van der Waals surface area (Å²) in [6.45, 7) is 5.08. The van der Waals surface area contributed by atoms with Gasteiger partial charge in [-0.05, 0) is 6.92 Å². The fraction of sp³-hybridized carbons (Fsp3) is 1.00. The van der Waals surface area contributed by atoms with Crippen molar-refractivity contribution in [3.05, 3.63) is 0 Å². The van der Waals surface area contributed by atoms with Gasteiger partial charge in [0.2, 0.25) is 0 Å². The average molecular weight is 236 g/mol. The first-order valence-electron chi connectivity index (χ1n) is 5.27. The maximum atomic E-state index is 11.3. The molecule has 90 valence electrons. The van der Waals surface area contributed by atoms with Crippen LogP contribution in [0.1, 0.15) is 6.92 Å². The normalized spacial score (nSPS) is 26.7. The van der Waals surface area contributed by atoms with Crippen molar-refractivity contribution in [3.63, 3.8) is 0 Å². The zero-order valence-electron chi connectivity index (χ0n) is 9.18. The molecule has 1 unspecified atom stereocenters. The van der Waals surface area contributed by atoms with E-state index in [0.717, 1.165) is 6.54 Å². The molecule has 0 bridgehead atoms. The molecule has 1 saturated heterocycles. The van der Waals surface area contributed by atoms with Gasteiger partial charge in [0.1, 0.15) is 0 Å². The summed E-state index contributed by atoms with van der Waals surface area (Å²) in [6.07, 6.45) is 0. The van der Waals surface area contributed by atoms with E-state index in [2.05, 4.69) is 4.90 Å². The fourth-order valence-corrected chi connectivity index (χ4v) is 3.36. The topological polar surface area (TPSA) is 72.6 Å². The maximum absolute atomic E-state index is 11.3. The molecule has 5 nitrogen and oxygen atoms in total. The van der Waals surface area contributed by atoms with Crippen LogP contribution in [0.2, 0.25) is 0 Å². The zero-order valence-corrected chi connectivity index (χ0v) is 10.0. The highest BCUT2D eigenvalue weighted by Gasteiger charge is 2.27. The molecule has 6 heteroatoms. The van der Waals surface area contributed by atoms with Crippen molar-refractivity contribution in [2.45, 2.75) is 13.0 Å². The third-order valence-electron chi connectivity index (χ3n) is 2.59. The number of hydrogen-bond donors (Lipinski definition) is 1. The Balaban J connectivity index is 2.26. The minimum absolute atomic E-state index is 0.102. The third kappa shape index (κ3) is 4.46. The lowest BCUT2D eigenvalue weighted by Crippen LogP contribution is -2.48. The standard InChI is InChI=1S/C9H20N2O3S/c1-9-8-15(12,13)7-4-11(9)3-6-14-5-2-10/h9H,2-8,10H2,1H3. The third-order valence-corrected chi connectivity index (χ3v) is 4.39. The van der Waals surface area contributed by atoms with E-state index in [-0.39, 0.29) is 17.5 Å². The Labute approximate surface area is 91.5 Å². The van der Waals surface area contributed by atoms with Crippen LogP contribution in [0.4, 0.5) is 0 Å². The van der Waals surface area contributed by atoms with E-state index in [0.29, 0.717) is 26.3 Å². The van der Waals surface area contributed by atoms with Crippen molar-refractivity contribution >= 4 is 9.84 Å². The van der Waals surface area contributed by atoms with Crippen molar-refractivity contribution in [3.8, 4) is 0 Å². The van der Waals surface area contributed by atoms with Crippen LogP contribution in [-0.4, -0.2) is 63.7 Å². The highest BCUT2D eigenvalue weighted by atomic mass is 32.2. The summed E-state index contributed by atoms with van der Waals surface area (Å²) in [7, 11) is -2.80. The van der Waals surface area contributed by atoms with Gasteiger partial charge in [-0.25, -0.2) is 8.42 Å². The van der Waals surface area contributed by atoms with Gasteiger partial charge in [0, 0.05) is 25.7 Å². The van der Waals surface area contributed by atoms with E-state index in [9.17, 15) is 8.42 Å². The Morgan fingerprint density at radius 3 is 2.80 bits per heavy atom. The van der Waals surface area contributed by atoms with Gasteiger partial charge in [0.05, 0.1) is 24.7 Å². The summed E-state index contributed by atoms with van der Waals surface area (Å²) in [5.41, 5.74) is 5.29. The monoisotopic (exact) mass is 236 g/mol. The molecule has 0 amide bonds. The van der Waals surface area contributed by atoms with E-state index in [1.54, 1.807) is 0 Å². The van der Waals surface area contributed by atoms with E-state index in [1.165, 1.54) is 0 Å². The summed E-state index contributed by atoms with van der Waals surface area (Å²) < 4.78 is 27.9. The second kappa shape index (κ2) is 5.79. The number of sulfone groups is 1. The second-order valence-electron chi connectivity index (χ2n) is 3.90. The smallest absolute Gasteiger partial charge is 0.153 e. The lowest BCUT2D eigenvalue weighted by molar-refractivity contribution is 0.0987. The summed E-state index contributed by atoms with van der Waals surface area (Å²) >= 11 is 0. The molecule has 0 radical (unpaired) electrons. The Morgan fingerprint density at radius 2 is 2.20 bits per heavy atom. The minimum atomic E-state index is -2.80. The van der Waals surface area contributed by atoms with Crippen LogP contribution < -0.4 is 5.73 Å². The molecule has 0 aromatic heterocycles. The molecule has 0 aromatic carbocycles. The van der Waals surface area contributed by atoms with Crippen LogP contribution in [-0.2, 0) is 14.6 Å². The molecule has 1 aliphatic heterocycles. The van der Waals surface area contributed by atoms with Gasteiger partial charge >= 0.3 is 0 Å².